The highest BCUT2D eigenvalue weighted by Gasteiger charge is 2.45. The van der Waals surface area contributed by atoms with Crippen LogP contribution in [0.2, 0.25) is 0 Å². The van der Waals surface area contributed by atoms with Crippen LogP contribution in [0.1, 0.15) is 20.8 Å². The Hall–Kier alpha value is -0.410. The topological polar surface area (TPSA) is 82.1 Å². The van der Waals surface area contributed by atoms with E-state index in [4.69, 9.17) is 14.2 Å². The highest BCUT2D eigenvalue weighted by molar-refractivity contribution is 14.1. The molecule has 0 saturated carbocycles. The fourth-order valence-electron chi connectivity index (χ4n) is 1.60. The van der Waals surface area contributed by atoms with Gasteiger partial charge in [-0.25, -0.2) is 0 Å². The van der Waals surface area contributed by atoms with Gasteiger partial charge in [-0.3, -0.25) is 9.59 Å². The lowest BCUT2D eigenvalue weighted by Crippen LogP contribution is -2.56. The van der Waals surface area contributed by atoms with Gasteiger partial charge in [0, 0.05) is 13.8 Å². The van der Waals surface area contributed by atoms with Crippen LogP contribution in [0.15, 0.2) is 0 Å². The Bertz CT molecular complexity index is 307. The lowest BCUT2D eigenvalue weighted by atomic mass is 10.0. The number of esters is 2. The number of aliphatic hydroxyl groups is 1. The van der Waals surface area contributed by atoms with Crippen LogP contribution < -0.4 is 0 Å². The SMILES string of the molecule is CC(=O)O[C@@H]1O[C@H](C)[C@@H](OC(C)=O)[C@H](O)[C@H]1I. The summed E-state index contributed by atoms with van der Waals surface area (Å²) in [4.78, 5) is 21.7. The van der Waals surface area contributed by atoms with Crippen LogP contribution in [0, 0.1) is 0 Å². The Balaban J connectivity index is 2.72. The van der Waals surface area contributed by atoms with Gasteiger partial charge in [-0.1, -0.05) is 22.6 Å². The molecule has 1 saturated heterocycles. The predicted octanol–water partition coefficient (Wildman–Crippen LogP) is 0.390. The summed E-state index contributed by atoms with van der Waals surface area (Å²) in [6.45, 7) is 4.18. The summed E-state index contributed by atoms with van der Waals surface area (Å²) in [5.41, 5.74) is 0. The molecule has 17 heavy (non-hydrogen) atoms. The quantitative estimate of drug-likeness (QED) is 0.437. The first kappa shape index (κ1) is 14.7. The summed E-state index contributed by atoms with van der Waals surface area (Å²) in [7, 11) is 0. The number of ether oxygens (including phenoxy) is 3. The number of rotatable bonds is 2. The van der Waals surface area contributed by atoms with Gasteiger partial charge in [-0.2, -0.15) is 0 Å². The van der Waals surface area contributed by atoms with E-state index in [0.717, 1.165) is 0 Å². The summed E-state index contributed by atoms with van der Waals surface area (Å²) >= 11 is 1.91. The van der Waals surface area contributed by atoms with Crippen molar-refractivity contribution in [1.29, 1.82) is 0 Å². The smallest absolute Gasteiger partial charge is 0.304 e. The number of hydrogen-bond donors (Lipinski definition) is 1. The standard InChI is InChI=1S/C10H15IO6/c1-4-9(16-5(2)12)8(14)7(11)10(15-4)17-6(3)13/h4,7-10,14H,1-3H3/t4-,7-,8-,9-,10+/m1/s1. The van der Waals surface area contributed by atoms with Crippen molar-refractivity contribution in [2.45, 2.75) is 49.3 Å². The third kappa shape index (κ3) is 3.78. The van der Waals surface area contributed by atoms with Crippen LogP contribution in [-0.4, -0.2) is 45.6 Å². The summed E-state index contributed by atoms with van der Waals surface area (Å²) in [5.74, 6) is -0.971. The molecule has 1 rings (SSSR count). The highest BCUT2D eigenvalue weighted by atomic mass is 127. The van der Waals surface area contributed by atoms with Crippen molar-refractivity contribution in [3.05, 3.63) is 0 Å². The minimum atomic E-state index is -0.937. The minimum absolute atomic E-state index is 0.484. The molecule has 6 nitrogen and oxygen atoms in total. The zero-order valence-corrected chi connectivity index (χ0v) is 11.9. The maximum absolute atomic E-state index is 10.9. The molecule has 1 N–H and O–H groups in total. The molecule has 0 aromatic rings. The van der Waals surface area contributed by atoms with E-state index in [-0.39, 0.29) is 0 Å². The molecule has 0 aliphatic carbocycles. The molecule has 0 radical (unpaired) electrons. The number of carbonyl (C=O) groups excluding carboxylic acids is 2. The maximum atomic E-state index is 10.9. The molecule has 1 fully saturated rings. The van der Waals surface area contributed by atoms with Crippen LogP contribution in [0.4, 0.5) is 0 Å². The second-order valence-corrected chi connectivity index (χ2v) is 5.27. The van der Waals surface area contributed by atoms with Gasteiger partial charge in [0.15, 0.2) is 6.10 Å². The first-order chi connectivity index (χ1) is 7.82. The van der Waals surface area contributed by atoms with E-state index in [1.807, 2.05) is 22.6 Å². The van der Waals surface area contributed by atoms with Gasteiger partial charge in [-0.05, 0) is 6.92 Å². The predicted molar refractivity (Wildman–Crippen MR) is 65.5 cm³/mol. The number of alkyl halides is 1. The fraction of sp³-hybridized carbons (Fsp3) is 0.800. The molecule has 5 atom stereocenters. The molecule has 1 aliphatic heterocycles. The Morgan fingerprint density at radius 3 is 2.24 bits per heavy atom. The van der Waals surface area contributed by atoms with E-state index >= 15 is 0 Å². The van der Waals surface area contributed by atoms with Crippen LogP contribution in [-0.2, 0) is 23.8 Å². The van der Waals surface area contributed by atoms with Gasteiger partial charge < -0.3 is 19.3 Å². The molecular formula is C10H15IO6. The monoisotopic (exact) mass is 358 g/mol. The average Bonchev–Trinajstić information content (AvgIpc) is 2.20. The zero-order valence-electron chi connectivity index (χ0n) is 9.75. The Labute approximate surface area is 113 Å². The molecule has 0 aromatic heterocycles. The molecular weight excluding hydrogens is 343 g/mol. The Morgan fingerprint density at radius 2 is 1.76 bits per heavy atom. The average molecular weight is 358 g/mol. The van der Waals surface area contributed by atoms with E-state index in [9.17, 15) is 14.7 Å². The van der Waals surface area contributed by atoms with Crippen molar-refractivity contribution in [2.75, 3.05) is 0 Å². The lowest BCUT2D eigenvalue weighted by Gasteiger charge is -2.40. The molecule has 0 unspecified atom stereocenters. The van der Waals surface area contributed by atoms with Crippen molar-refractivity contribution in [3.63, 3.8) is 0 Å². The molecule has 98 valence electrons. The van der Waals surface area contributed by atoms with Gasteiger partial charge >= 0.3 is 11.9 Å². The van der Waals surface area contributed by atoms with Gasteiger partial charge in [0.05, 0.1) is 6.10 Å². The first-order valence-electron chi connectivity index (χ1n) is 5.15. The second-order valence-electron chi connectivity index (χ2n) is 3.83. The minimum Gasteiger partial charge on any atom is -0.457 e. The van der Waals surface area contributed by atoms with Crippen molar-refractivity contribution >= 4 is 34.5 Å². The molecule has 0 aromatic carbocycles. The van der Waals surface area contributed by atoms with Crippen molar-refractivity contribution in [3.8, 4) is 0 Å². The van der Waals surface area contributed by atoms with Crippen molar-refractivity contribution in [1.82, 2.24) is 0 Å². The van der Waals surface area contributed by atoms with Crippen molar-refractivity contribution in [2.24, 2.45) is 0 Å². The molecule has 7 heteroatoms. The lowest BCUT2D eigenvalue weighted by molar-refractivity contribution is -0.240. The molecule has 0 spiro atoms. The Kier molecular flexibility index (Phi) is 5.14. The van der Waals surface area contributed by atoms with Crippen LogP contribution >= 0.6 is 22.6 Å². The third-order valence-electron chi connectivity index (χ3n) is 2.32. The van der Waals surface area contributed by atoms with Gasteiger partial charge in [0.25, 0.3) is 0 Å². The zero-order chi connectivity index (χ0) is 13.2. The van der Waals surface area contributed by atoms with E-state index in [1.165, 1.54) is 13.8 Å². The maximum Gasteiger partial charge on any atom is 0.304 e. The number of aliphatic hydroxyl groups excluding tert-OH is 1. The second kappa shape index (κ2) is 5.96. The molecule has 0 amide bonds. The summed E-state index contributed by atoms with van der Waals surface area (Å²) < 4.78 is 14.8. The Morgan fingerprint density at radius 1 is 1.24 bits per heavy atom. The van der Waals surface area contributed by atoms with Gasteiger partial charge in [-0.15, -0.1) is 0 Å². The molecule has 1 heterocycles. The van der Waals surface area contributed by atoms with E-state index in [1.54, 1.807) is 6.92 Å². The van der Waals surface area contributed by atoms with Gasteiger partial charge in [0.2, 0.25) is 6.29 Å². The van der Waals surface area contributed by atoms with Crippen LogP contribution in [0.5, 0.6) is 0 Å². The first-order valence-corrected chi connectivity index (χ1v) is 6.39. The molecule has 0 bridgehead atoms. The number of hydrogen-bond acceptors (Lipinski definition) is 6. The summed E-state index contributed by atoms with van der Waals surface area (Å²) in [5, 5.41) is 9.98. The van der Waals surface area contributed by atoms with E-state index < -0.39 is 40.5 Å². The van der Waals surface area contributed by atoms with Crippen LogP contribution in [0.3, 0.4) is 0 Å². The fourth-order valence-corrected chi connectivity index (χ4v) is 2.32. The normalized spacial score (nSPS) is 37.4. The van der Waals surface area contributed by atoms with Gasteiger partial charge in [0.1, 0.15) is 10.0 Å². The summed E-state index contributed by atoms with van der Waals surface area (Å²) in [6, 6.07) is 0. The van der Waals surface area contributed by atoms with Crippen LogP contribution in [0.25, 0.3) is 0 Å². The number of carbonyl (C=O) groups is 2. The van der Waals surface area contributed by atoms with E-state index in [0.29, 0.717) is 0 Å². The summed E-state index contributed by atoms with van der Waals surface area (Å²) in [6.07, 6.45) is -3.05. The van der Waals surface area contributed by atoms with Crippen molar-refractivity contribution < 1.29 is 28.9 Å². The molecule has 1 aliphatic rings. The highest BCUT2D eigenvalue weighted by Crippen LogP contribution is 2.29. The number of halogens is 1. The third-order valence-corrected chi connectivity index (χ3v) is 3.64. The largest absolute Gasteiger partial charge is 0.457 e. The van der Waals surface area contributed by atoms with E-state index in [2.05, 4.69) is 0 Å².